The van der Waals surface area contributed by atoms with Crippen molar-refractivity contribution in [3.63, 3.8) is 0 Å². The van der Waals surface area contributed by atoms with E-state index in [4.69, 9.17) is 4.74 Å². The number of cyclic esters (lactones) is 1. The molecule has 1 fully saturated rings. The largest absolute Gasteiger partial charge is 0.446 e. The minimum Gasteiger partial charge on any atom is -0.446 e. The van der Waals surface area contributed by atoms with Gasteiger partial charge in [-0.25, -0.2) is 9.69 Å². The molecule has 108 valence electrons. The molecule has 1 saturated heterocycles. The van der Waals surface area contributed by atoms with Crippen LogP contribution in [0.2, 0.25) is 0 Å². The average molecular weight is 275 g/mol. The molecule has 20 heavy (non-hydrogen) atoms. The van der Waals surface area contributed by atoms with E-state index in [1.165, 1.54) is 4.90 Å². The molecule has 0 aliphatic carbocycles. The van der Waals surface area contributed by atoms with Gasteiger partial charge in [0.25, 0.3) is 0 Å². The minimum atomic E-state index is -0.529. The summed E-state index contributed by atoms with van der Waals surface area (Å²) in [6.07, 6.45) is 0.380. The zero-order valence-corrected chi connectivity index (χ0v) is 12.2. The Kier molecular flexibility index (Phi) is 4.42. The highest BCUT2D eigenvalue weighted by molar-refractivity contribution is 5.94. The third-order valence-electron chi connectivity index (χ3n) is 4.18. The van der Waals surface area contributed by atoms with Crippen LogP contribution < -0.4 is 0 Å². The number of hydrogen-bond donors (Lipinski definition) is 0. The Bertz CT molecular complexity index is 486. The number of carbonyl (C=O) groups is 2. The van der Waals surface area contributed by atoms with Gasteiger partial charge in [-0.05, 0) is 11.5 Å². The van der Waals surface area contributed by atoms with Crippen LogP contribution in [0.15, 0.2) is 30.3 Å². The Balaban J connectivity index is 2.23. The Hall–Kier alpha value is -1.84. The van der Waals surface area contributed by atoms with Crippen LogP contribution in [0.4, 0.5) is 4.79 Å². The molecule has 1 heterocycles. The first-order chi connectivity index (χ1) is 9.56. The predicted molar refractivity (Wildman–Crippen MR) is 76.0 cm³/mol. The van der Waals surface area contributed by atoms with Crippen molar-refractivity contribution in [1.29, 1.82) is 0 Å². The fraction of sp³-hybridized carbons (Fsp3) is 0.500. The van der Waals surface area contributed by atoms with Gasteiger partial charge in [0.05, 0.1) is 0 Å². The van der Waals surface area contributed by atoms with E-state index in [1.54, 1.807) is 0 Å². The molecule has 0 aromatic heterocycles. The molecule has 4 nitrogen and oxygen atoms in total. The molecule has 0 N–H and O–H groups in total. The van der Waals surface area contributed by atoms with Gasteiger partial charge < -0.3 is 4.74 Å². The molecule has 0 bridgehead atoms. The molecular weight excluding hydrogens is 254 g/mol. The fourth-order valence-corrected chi connectivity index (χ4v) is 2.40. The summed E-state index contributed by atoms with van der Waals surface area (Å²) in [4.78, 5) is 25.7. The molecule has 3 atom stereocenters. The lowest BCUT2D eigenvalue weighted by atomic mass is 9.91. The van der Waals surface area contributed by atoms with Crippen molar-refractivity contribution < 1.29 is 14.3 Å². The highest BCUT2D eigenvalue weighted by atomic mass is 16.6. The number of carbonyl (C=O) groups excluding carboxylic acids is 2. The van der Waals surface area contributed by atoms with Crippen LogP contribution in [0.3, 0.4) is 0 Å². The third-order valence-corrected chi connectivity index (χ3v) is 4.18. The Labute approximate surface area is 119 Å². The maximum Gasteiger partial charge on any atom is 0.417 e. The zero-order valence-electron chi connectivity index (χ0n) is 12.2. The summed E-state index contributed by atoms with van der Waals surface area (Å²) in [6, 6.07) is 9.25. The second kappa shape index (κ2) is 6.07. The number of imide groups is 1. The normalized spacial score (nSPS) is 21.4. The Morgan fingerprint density at radius 2 is 2.00 bits per heavy atom. The van der Waals surface area contributed by atoms with Crippen molar-refractivity contribution in [1.82, 2.24) is 4.90 Å². The molecule has 0 unspecified atom stereocenters. The van der Waals surface area contributed by atoms with Crippen molar-refractivity contribution in [2.24, 2.45) is 11.8 Å². The Morgan fingerprint density at radius 3 is 2.60 bits per heavy atom. The number of rotatable bonds is 4. The predicted octanol–water partition coefficient (Wildman–Crippen LogP) is 3.39. The van der Waals surface area contributed by atoms with E-state index in [-0.39, 0.29) is 30.4 Å². The van der Waals surface area contributed by atoms with E-state index in [0.29, 0.717) is 0 Å². The van der Waals surface area contributed by atoms with E-state index in [0.717, 1.165) is 12.0 Å². The lowest BCUT2D eigenvalue weighted by molar-refractivity contribution is -0.134. The first-order valence-electron chi connectivity index (χ1n) is 7.11. The fourth-order valence-electron chi connectivity index (χ4n) is 2.40. The molecular formula is C16H21NO3. The van der Waals surface area contributed by atoms with Gasteiger partial charge in [-0.15, -0.1) is 0 Å². The molecule has 1 aliphatic rings. The van der Waals surface area contributed by atoms with Gasteiger partial charge in [0.2, 0.25) is 5.91 Å². The third kappa shape index (κ3) is 2.69. The second-order valence-electron chi connectivity index (χ2n) is 5.39. The maximum atomic E-state index is 12.6. The minimum absolute atomic E-state index is 0.143. The lowest BCUT2D eigenvalue weighted by Crippen LogP contribution is -2.39. The van der Waals surface area contributed by atoms with Gasteiger partial charge in [0.1, 0.15) is 12.6 Å². The van der Waals surface area contributed by atoms with E-state index in [2.05, 4.69) is 0 Å². The van der Waals surface area contributed by atoms with Crippen LogP contribution in [0, 0.1) is 11.8 Å². The van der Waals surface area contributed by atoms with Crippen LogP contribution in [0.1, 0.15) is 38.8 Å². The molecule has 4 heteroatoms. The van der Waals surface area contributed by atoms with Crippen molar-refractivity contribution in [2.75, 3.05) is 6.61 Å². The van der Waals surface area contributed by atoms with Gasteiger partial charge in [-0.1, -0.05) is 57.5 Å². The van der Waals surface area contributed by atoms with Crippen LogP contribution in [0.5, 0.6) is 0 Å². The summed E-state index contributed by atoms with van der Waals surface area (Å²) in [5.41, 5.74) is 0.933. The number of benzene rings is 1. The standard InChI is InChI=1S/C16H21NO3/c1-4-11(2)12(3)15(18)17-14(10-20-16(17)19)13-8-6-5-7-9-13/h5-9,11-12,14H,4,10H2,1-3H3/t11-,12+,14-/m0/s1. The summed E-state index contributed by atoms with van der Waals surface area (Å²) < 4.78 is 5.08. The summed E-state index contributed by atoms with van der Waals surface area (Å²) in [6.45, 7) is 6.19. The summed E-state index contributed by atoms with van der Waals surface area (Å²) in [5, 5.41) is 0. The topological polar surface area (TPSA) is 46.6 Å². The van der Waals surface area contributed by atoms with Crippen molar-refractivity contribution >= 4 is 12.0 Å². The molecule has 0 spiro atoms. The monoisotopic (exact) mass is 275 g/mol. The first-order valence-corrected chi connectivity index (χ1v) is 7.11. The summed E-state index contributed by atoms with van der Waals surface area (Å²) >= 11 is 0. The van der Waals surface area contributed by atoms with Crippen LogP contribution >= 0.6 is 0 Å². The summed E-state index contributed by atoms with van der Waals surface area (Å²) in [7, 11) is 0. The van der Waals surface area contributed by atoms with Gasteiger partial charge in [0.15, 0.2) is 0 Å². The average Bonchev–Trinajstić information content (AvgIpc) is 2.87. The lowest BCUT2D eigenvalue weighted by Gasteiger charge is -2.25. The summed E-state index contributed by atoms with van der Waals surface area (Å²) in [5.74, 6) is -0.0834. The van der Waals surface area contributed by atoms with E-state index in [9.17, 15) is 9.59 Å². The Morgan fingerprint density at radius 1 is 1.35 bits per heavy atom. The van der Waals surface area contributed by atoms with E-state index >= 15 is 0 Å². The molecule has 1 aliphatic heterocycles. The van der Waals surface area contributed by atoms with Gasteiger partial charge in [0, 0.05) is 5.92 Å². The van der Waals surface area contributed by atoms with Gasteiger partial charge >= 0.3 is 6.09 Å². The molecule has 1 aromatic rings. The molecule has 1 aromatic carbocycles. The number of ether oxygens (including phenoxy) is 1. The van der Waals surface area contributed by atoms with Crippen LogP contribution in [0.25, 0.3) is 0 Å². The first kappa shape index (κ1) is 14.6. The van der Waals surface area contributed by atoms with Gasteiger partial charge in [-0.2, -0.15) is 0 Å². The van der Waals surface area contributed by atoms with Crippen LogP contribution in [-0.2, 0) is 9.53 Å². The highest BCUT2D eigenvalue weighted by Gasteiger charge is 2.41. The second-order valence-corrected chi connectivity index (χ2v) is 5.39. The number of hydrogen-bond acceptors (Lipinski definition) is 3. The molecule has 2 rings (SSSR count). The SMILES string of the molecule is CC[C@H](C)[C@@H](C)C(=O)N1C(=O)OC[C@H]1c1ccccc1. The molecule has 0 saturated carbocycles. The zero-order chi connectivity index (χ0) is 14.7. The smallest absolute Gasteiger partial charge is 0.417 e. The van der Waals surface area contributed by atoms with Crippen molar-refractivity contribution in [3.05, 3.63) is 35.9 Å². The maximum absolute atomic E-state index is 12.6. The number of amides is 2. The van der Waals surface area contributed by atoms with Crippen molar-refractivity contribution in [2.45, 2.75) is 33.2 Å². The number of nitrogens with zero attached hydrogens (tertiary/aromatic N) is 1. The van der Waals surface area contributed by atoms with E-state index in [1.807, 2.05) is 51.1 Å². The quantitative estimate of drug-likeness (QED) is 0.846. The van der Waals surface area contributed by atoms with Gasteiger partial charge in [-0.3, -0.25) is 4.79 Å². The molecule has 0 radical (unpaired) electrons. The highest BCUT2D eigenvalue weighted by Crippen LogP contribution is 2.30. The van der Waals surface area contributed by atoms with E-state index < -0.39 is 6.09 Å². The molecule has 2 amide bonds. The van der Waals surface area contributed by atoms with Crippen LogP contribution in [-0.4, -0.2) is 23.5 Å². The van der Waals surface area contributed by atoms with Crippen molar-refractivity contribution in [3.8, 4) is 0 Å².